The van der Waals surface area contributed by atoms with Crippen molar-refractivity contribution < 1.29 is 8.42 Å². The number of nitrogens with zero attached hydrogens (tertiary/aromatic N) is 1. The third-order valence-corrected chi connectivity index (χ3v) is 5.55. The number of nitrogens with one attached hydrogen (secondary N) is 1. The molecule has 0 amide bonds. The molecule has 0 radical (unpaired) electrons. The fraction of sp³-hybridized carbons (Fsp3) is 0.154. The van der Waals surface area contributed by atoms with Gasteiger partial charge in [-0.3, -0.25) is 4.79 Å². The SMILES string of the molecule is CN(Cc1cccc(Cl)c1Cl)S(=O)(=O)c1ccc(=O)[nH]c1. The molecule has 0 saturated carbocycles. The molecule has 0 spiro atoms. The van der Waals surface area contributed by atoms with E-state index in [-0.39, 0.29) is 17.0 Å². The number of aromatic nitrogens is 1. The lowest BCUT2D eigenvalue weighted by Gasteiger charge is -2.18. The Kier molecular flexibility index (Phi) is 4.73. The highest BCUT2D eigenvalue weighted by Gasteiger charge is 2.22. The molecule has 5 nitrogen and oxygen atoms in total. The van der Waals surface area contributed by atoms with Crippen LogP contribution in [0.5, 0.6) is 0 Å². The van der Waals surface area contributed by atoms with Crippen molar-refractivity contribution >= 4 is 33.2 Å². The minimum absolute atomic E-state index is 0.00255. The quantitative estimate of drug-likeness (QED) is 0.924. The molecule has 0 saturated heterocycles. The number of sulfonamides is 1. The molecular formula is C13H12Cl2N2O3S. The van der Waals surface area contributed by atoms with Crippen LogP contribution >= 0.6 is 23.2 Å². The lowest BCUT2D eigenvalue weighted by molar-refractivity contribution is 0.466. The van der Waals surface area contributed by atoms with Gasteiger partial charge in [0.25, 0.3) is 0 Å². The van der Waals surface area contributed by atoms with Crippen LogP contribution in [0.3, 0.4) is 0 Å². The second kappa shape index (κ2) is 6.19. The van der Waals surface area contributed by atoms with Gasteiger partial charge in [-0.15, -0.1) is 0 Å². The number of halogens is 2. The van der Waals surface area contributed by atoms with Crippen molar-refractivity contribution in [2.75, 3.05) is 7.05 Å². The predicted octanol–water partition coefficient (Wildman–Crippen LogP) is 2.50. The van der Waals surface area contributed by atoms with Gasteiger partial charge >= 0.3 is 0 Å². The lowest BCUT2D eigenvalue weighted by atomic mass is 10.2. The molecule has 0 aliphatic heterocycles. The Balaban J connectivity index is 2.30. The Morgan fingerprint density at radius 1 is 1.19 bits per heavy atom. The first kappa shape index (κ1) is 16.0. The van der Waals surface area contributed by atoms with Crippen LogP contribution in [0.25, 0.3) is 0 Å². The second-order valence-corrected chi connectivity index (χ2v) is 7.19. The molecule has 21 heavy (non-hydrogen) atoms. The smallest absolute Gasteiger partial charge is 0.247 e. The minimum atomic E-state index is -3.72. The first-order chi connectivity index (χ1) is 9.82. The summed E-state index contributed by atoms with van der Waals surface area (Å²) >= 11 is 12.0. The largest absolute Gasteiger partial charge is 0.328 e. The van der Waals surface area contributed by atoms with Gasteiger partial charge in [-0.05, 0) is 17.7 Å². The molecule has 0 atom stereocenters. The molecular weight excluding hydrogens is 335 g/mol. The second-order valence-electron chi connectivity index (χ2n) is 4.36. The van der Waals surface area contributed by atoms with Crippen LogP contribution < -0.4 is 5.56 Å². The molecule has 1 aromatic carbocycles. The summed E-state index contributed by atoms with van der Waals surface area (Å²) < 4.78 is 25.9. The highest BCUT2D eigenvalue weighted by Crippen LogP contribution is 2.27. The predicted molar refractivity (Wildman–Crippen MR) is 82.2 cm³/mol. The highest BCUT2D eigenvalue weighted by molar-refractivity contribution is 7.89. The summed E-state index contributed by atoms with van der Waals surface area (Å²) in [6.45, 7) is 0.0703. The molecule has 2 rings (SSSR count). The molecule has 0 bridgehead atoms. The van der Waals surface area contributed by atoms with Gasteiger partial charge in [-0.1, -0.05) is 35.3 Å². The first-order valence-corrected chi connectivity index (χ1v) is 8.10. The number of hydrogen-bond acceptors (Lipinski definition) is 3. The van der Waals surface area contributed by atoms with Crippen LogP contribution in [-0.4, -0.2) is 24.8 Å². The van der Waals surface area contributed by atoms with E-state index >= 15 is 0 Å². The number of pyridine rings is 1. The molecule has 0 aliphatic rings. The van der Waals surface area contributed by atoms with Crippen molar-refractivity contribution in [3.8, 4) is 0 Å². The number of hydrogen-bond donors (Lipinski definition) is 1. The molecule has 0 fully saturated rings. The molecule has 2 aromatic rings. The third kappa shape index (κ3) is 3.47. The van der Waals surface area contributed by atoms with Crippen molar-refractivity contribution in [1.29, 1.82) is 0 Å². The van der Waals surface area contributed by atoms with E-state index in [0.29, 0.717) is 15.6 Å². The van der Waals surface area contributed by atoms with Crippen LogP contribution in [0.4, 0.5) is 0 Å². The normalized spacial score (nSPS) is 11.8. The third-order valence-electron chi connectivity index (χ3n) is 2.89. The van der Waals surface area contributed by atoms with Gasteiger partial charge < -0.3 is 4.98 Å². The van der Waals surface area contributed by atoms with E-state index in [2.05, 4.69) is 4.98 Å². The number of H-pyrrole nitrogens is 1. The van der Waals surface area contributed by atoms with Gasteiger partial charge in [0.15, 0.2) is 0 Å². The summed E-state index contributed by atoms with van der Waals surface area (Å²) in [5, 5.41) is 0.687. The van der Waals surface area contributed by atoms with Gasteiger partial charge in [0.1, 0.15) is 0 Å². The zero-order valence-corrected chi connectivity index (χ0v) is 13.3. The van der Waals surface area contributed by atoms with Crippen molar-refractivity contribution in [1.82, 2.24) is 9.29 Å². The average molecular weight is 347 g/mol. The van der Waals surface area contributed by atoms with Crippen molar-refractivity contribution in [3.63, 3.8) is 0 Å². The average Bonchev–Trinajstić information content (AvgIpc) is 2.44. The van der Waals surface area contributed by atoms with Gasteiger partial charge in [-0.2, -0.15) is 4.31 Å². The van der Waals surface area contributed by atoms with E-state index in [0.717, 1.165) is 16.6 Å². The maximum absolute atomic E-state index is 12.4. The number of benzene rings is 1. The van der Waals surface area contributed by atoms with Crippen molar-refractivity contribution in [3.05, 3.63) is 62.5 Å². The van der Waals surface area contributed by atoms with Gasteiger partial charge in [0.2, 0.25) is 15.6 Å². The van der Waals surface area contributed by atoms with Crippen LogP contribution in [0.1, 0.15) is 5.56 Å². The van der Waals surface area contributed by atoms with Crippen LogP contribution in [-0.2, 0) is 16.6 Å². The molecule has 8 heteroatoms. The highest BCUT2D eigenvalue weighted by atomic mass is 35.5. The van der Waals surface area contributed by atoms with E-state index in [1.165, 1.54) is 13.1 Å². The zero-order chi connectivity index (χ0) is 15.6. The molecule has 0 unspecified atom stereocenters. The Morgan fingerprint density at radius 2 is 1.90 bits per heavy atom. The molecule has 1 aromatic heterocycles. The van der Waals surface area contributed by atoms with E-state index in [4.69, 9.17) is 23.2 Å². The summed E-state index contributed by atoms with van der Waals surface area (Å²) in [7, 11) is -2.29. The fourth-order valence-corrected chi connectivity index (χ4v) is 3.23. The molecule has 112 valence electrons. The monoisotopic (exact) mass is 346 g/mol. The number of aromatic amines is 1. The Labute approximate surface area is 132 Å². The van der Waals surface area contributed by atoms with E-state index in [9.17, 15) is 13.2 Å². The number of rotatable bonds is 4. The fourth-order valence-electron chi connectivity index (χ4n) is 1.73. The zero-order valence-electron chi connectivity index (χ0n) is 11.0. The van der Waals surface area contributed by atoms with Gasteiger partial charge in [-0.25, -0.2) is 8.42 Å². The topological polar surface area (TPSA) is 70.2 Å². The summed E-state index contributed by atoms with van der Waals surface area (Å²) in [4.78, 5) is 13.3. The summed E-state index contributed by atoms with van der Waals surface area (Å²) in [5.41, 5.74) is 0.231. The molecule has 1 heterocycles. The van der Waals surface area contributed by atoms with E-state index < -0.39 is 10.0 Å². The molecule has 0 aliphatic carbocycles. The Bertz CT molecular complexity index is 798. The minimum Gasteiger partial charge on any atom is -0.328 e. The maximum atomic E-state index is 12.4. The summed E-state index contributed by atoms with van der Waals surface area (Å²) in [6, 6.07) is 7.44. The van der Waals surface area contributed by atoms with Gasteiger partial charge in [0.05, 0.1) is 14.9 Å². The van der Waals surface area contributed by atoms with Crippen molar-refractivity contribution in [2.45, 2.75) is 11.4 Å². The first-order valence-electron chi connectivity index (χ1n) is 5.90. The van der Waals surface area contributed by atoms with Crippen LogP contribution in [0, 0.1) is 0 Å². The van der Waals surface area contributed by atoms with Gasteiger partial charge in [0, 0.05) is 25.9 Å². The van der Waals surface area contributed by atoms with E-state index in [1.807, 2.05) is 0 Å². The Hall–Kier alpha value is -1.34. The van der Waals surface area contributed by atoms with E-state index in [1.54, 1.807) is 18.2 Å². The standard InChI is InChI=1S/C13H12Cl2N2O3S/c1-17(8-9-3-2-4-11(14)13(9)15)21(19,20)10-5-6-12(18)16-7-10/h2-7H,8H2,1H3,(H,16,18). The lowest BCUT2D eigenvalue weighted by Crippen LogP contribution is -2.27. The summed E-state index contributed by atoms with van der Waals surface area (Å²) in [6.07, 6.45) is 1.16. The van der Waals surface area contributed by atoms with Crippen molar-refractivity contribution in [2.24, 2.45) is 0 Å². The van der Waals surface area contributed by atoms with Crippen LogP contribution in [0.15, 0.2) is 46.2 Å². The maximum Gasteiger partial charge on any atom is 0.247 e. The van der Waals surface area contributed by atoms with Crippen LogP contribution in [0.2, 0.25) is 10.0 Å². The molecule has 1 N–H and O–H groups in total. The Morgan fingerprint density at radius 3 is 2.52 bits per heavy atom. The summed E-state index contributed by atoms with van der Waals surface area (Å²) in [5.74, 6) is 0.